The van der Waals surface area contributed by atoms with Crippen LogP contribution in [0.4, 0.5) is 5.69 Å². The topological polar surface area (TPSA) is 85.4 Å². The predicted octanol–water partition coefficient (Wildman–Crippen LogP) is 4.10. The molecule has 0 atom stereocenters. The summed E-state index contributed by atoms with van der Waals surface area (Å²) in [5.74, 6) is -0.485. The minimum atomic E-state index is -3.78. The lowest BCUT2D eigenvalue weighted by molar-refractivity contribution is 0.0526. The number of anilines is 1. The van der Waals surface area contributed by atoms with Crippen LogP contribution in [0.2, 0.25) is 0 Å². The van der Waals surface area contributed by atoms with Gasteiger partial charge >= 0.3 is 5.97 Å². The molecule has 0 bridgehead atoms. The molecule has 0 radical (unpaired) electrons. The van der Waals surface area contributed by atoms with Gasteiger partial charge in [0.05, 0.1) is 27.8 Å². The van der Waals surface area contributed by atoms with E-state index < -0.39 is 16.0 Å². The Labute approximate surface area is 161 Å². The highest BCUT2D eigenvalue weighted by atomic mass is 32.2. The van der Waals surface area contributed by atoms with Crippen molar-refractivity contribution in [2.75, 3.05) is 11.3 Å². The Balaban J connectivity index is 1.81. The molecule has 0 amide bonds. The molecular weight excluding hydrogens is 384 g/mol. The normalized spacial score (nSPS) is 11.2. The molecule has 3 rings (SSSR count). The molecule has 0 aliphatic carbocycles. The Morgan fingerprint density at radius 3 is 2.56 bits per heavy atom. The van der Waals surface area contributed by atoms with Gasteiger partial charge in [0.1, 0.15) is 0 Å². The molecular formula is C19H18N2O4S2. The van der Waals surface area contributed by atoms with Crippen molar-refractivity contribution in [2.24, 2.45) is 0 Å². The second kappa shape index (κ2) is 7.89. The summed E-state index contributed by atoms with van der Waals surface area (Å²) in [5, 5.41) is 2.87. The average Bonchev–Trinajstić information content (AvgIpc) is 3.08. The molecule has 0 fully saturated rings. The van der Waals surface area contributed by atoms with Crippen LogP contribution in [0.1, 0.15) is 22.3 Å². The highest BCUT2D eigenvalue weighted by Crippen LogP contribution is 2.25. The molecule has 1 aromatic heterocycles. The smallest absolute Gasteiger partial charge is 0.338 e. The van der Waals surface area contributed by atoms with E-state index in [1.54, 1.807) is 25.1 Å². The van der Waals surface area contributed by atoms with Crippen LogP contribution >= 0.6 is 11.3 Å². The van der Waals surface area contributed by atoms with Gasteiger partial charge in [-0.2, -0.15) is 0 Å². The van der Waals surface area contributed by atoms with Crippen molar-refractivity contribution in [1.82, 2.24) is 4.98 Å². The number of hydrogen-bond donors (Lipinski definition) is 1. The standard InChI is InChI=1S/C19H18N2O4S2/c1-3-25-19(22)14-7-9-17(10-8-14)27(23,24)21-16-6-4-5-15(11-16)18-12-26-13(2)20-18/h4-12,21H,3H2,1-2H3. The highest BCUT2D eigenvalue weighted by molar-refractivity contribution is 7.92. The van der Waals surface area contributed by atoms with E-state index in [2.05, 4.69) is 9.71 Å². The number of sulfonamides is 1. The fraction of sp³-hybridized carbons (Fsp3) is 0.158. The van der Waals surface area contributed by atoms with Gasteiger partial charge in [-0.1, -0.05) is 12.1 Å². The van der Waals surface area contributed by atoms with E-state index in [1.807, 2.05) is 18.4 Å². The molecule has 0 saturated carbocycles. The van der Waals surface area contributed by atoms with E-state index in [1.165, 1.54) is 35.6 Å². The van der Waals surface area contributed by atoms with Crippen molar-refractivity contribution >= 4 is 33.0 Å². The molecule has 0 saturated heterocycles. The van der Waals surface area contributed by atoms with E-state index in [0.717, 1.165) is 16.3 Å². The Bertz CT molecular complexity index is 1060. The first-order valence-electron chi connectivity index (χ1n) is 8.21. The number of benzene rings is 2. The lowest BCUT2D eigenvalue weighted by Gasteiger charge is -2.10. The molecule has 0 aliphatic rings. The van der Waals surface area contributed by atoms with Crippen molar-refractivity contribution < 1.29 is 17.9 Å². The number of rotatable bonds is 6. The first-order chi connectivity index (χ1) is 12.9. The van der Waals surface area contributed by atoms with Crippen LogP contribution in [0.3, 0.4) is 0 Å². The number of carbonyl (C=O) groups excluding carboxylic acids is 1. The monoisotopic (exact) mass is 402 g/mol. The van der Waals surface area contributed by atoms with Crippen molar-refractivity contribution in [1.29, 1.82) is 0 Å². The number of nitrogens with zero attached hydrogens (tertiary/aromatic N) is 1. The van der Waals surface area contributed by atoms with Gasteiger partial charge in [-0.25, -0.2) is 18.2 Å². The summed E-state index contributed by atoms with van der Waals surface area (Å²) < 4.78 is 32.7. The number of esters is 1. The van der Waals surface area contributed by atoms with Crippen LogP contribution in [-0.4, -0.2) is 26.0 Å². The maximum atomic E-state index is 12.6. The second-order valence-corrected chi connectivity index (χ2v) is 8.43. The zero-order valence-corrected chi connectivity index (χ0v) is 16.4. The SMILES string of the molecule is CCOC(=O)c1ccc(S(=O)(=O)Nc2cccc(-c3csc(C)n3)c2)cc1. The van der Waals surface area contributed by atoms with Gasteiger partial charge in [-0.15, -0.1) is 11.3 Å². The number of ether oxygens (including phenoxy) is 1. The van der Waals surface area contributed by atoms with Crippen LogP contribution in [0, 0.1) is 6.92 Å². The summed E-state index contributed by atoms with van der Waals surface area (Å²) in [6, 6.07) is 12.7. The predicted molar refractivity (Wildman–Crippen MR) is 105 cm³/mol. The van der Waals surface area contributed by atoms with Gasteiger partial charge in [-0.05, 0) is 50.2 Å². The highest BCUT2D eigenvalue weighted by Gasteiger charge is 2.16. The maximum absolute atomic E-state index is 12.6. The van der Waals surface area contributed by atoms with Gasteiger partial charge in [-0.3, -0.25) is 4.72 Å². The van der Waals surface area contributed by atoms with Crippen LogP contribution in [0.5, 0.6) is 0 Å². The molecule has 2 aromatic carbocycles. The fourth-order valence-electron chi connectivity index (χ4n) is 2.44. The molecule has 8 heteroatoms. The Morgan fingerprint density at radius 1 is 1.19 bits per heavy atom. The molecule has 0 spiro atoms. The number of hydrogen-bond acceptors (Lipinski definition) is 6. The minimum absolute atomic E-state index is 0.0606. The van der Waals surface area contributed by atoms with Crippen molar-refractivity contribution in [3.05, 3.63) is 64.5 Å². The maximum Gasteiger partial charge on any atom is 0.338 e. The van der Waals surface area contributed by atoms with Gasteiger partial charge in [0.25, 0.3) is 10.0 Å². The third-order valence-electron chi connectivity index (χ3n) is 3.71. The zero-order chi connectivity index (χ0) is 19.4. The quantitative estimate of drug-likeness (QED) is 0.628. The number of aromatic nitrogens is 1. The molecule has 3 aromatic rings. The van der Waals surface area contributed by atoms with E-state index in [4.69, 9.17) is 4.74 Å². The van der Waals surface area contributed by atoms with Crippen molar-refractivity contribution in [3.63, 3.8) is 0 Å². The summed E-state index contributed by atoms with van der Waals surface area (Å²) >= 11 is 1.53. The Kier molecular flexibility index (Phi) is 5.57. The van der Waals surface area contributed by atoms with E-state index in [9.17, 15) is 13.2 Å². The van der Waals surface area contributed by atoms with Gasteiger partial charge in [0.2, 0.25) is 0 Å². The van der Waals surface area contributed by atoms with Crippen LogP contribution < -0.4 is 4.72 Å². The number of carbonyl (C=O) groups is 1. The summed E-state index contributed by atoms with van der Waals surface area (Å²) in [4.78, 5) is 16.2. The average molecular weight is 402 g/mol. The first kappa shape index (κ1) is 19.1. The van der Waals surface area contributed by atoms with Crippen molar-refractivity contribution in [3.8, 4) is 11.3 Å². The lowest BCUT2D eigenvalue weighted by Crippen LogP contribution is -2.13. The summed E-state index contributed by atoms with van der Waals surface area (Å²) in [7, 11) is -3.78. The van der Waals surface area contributed by atoms with E-state index in [0.29, 0.717) is 11.3 Å². The molecule has 0 unspecified atom stereocenters. The van der Waals surface area contributed by atoms with Gasteiger partial charge < -0.3 is 4.74 Å². The molecule has 1 N–H and O–H groups in total. The van der Waals surface area contributed by atoms with Crippen molar-refractivity contribution in [2.45, 2.75) is 18.7 Å². The second-order valence-electron chi connectivity index (χ2n) is 5.68. The molecule has 0 aliphatic heterocycles. The van der Waals surface area contributed by atoms with E-state index >= 15 is 0 Å². The van der Waals surface area contributed by atoms with Gasteiger partial charge in [0, 0.05) is 16.6 Å². The summed E-state index contributed by atoms with van der Waals surface area (Å²) in [6.45, 7) is 3.89. The third kappa shape index (κ3) is 4.53. The number of aryl methyl sites for hydroxylation is 1. The fourth-order valence-corrected chi connectivity index (χ4v) is 4.11. The summed E-state index contributed by atoms with van der Waals surface area (Å²) in [6.07, 6.45) is 0. The zero-order valence-electron chi connectivity index (χ0n) is 14.8. The Hall–Kier alpha value is -2.71. The molecule has 1 heterocycles. The molecule has 6 nitrogen and oxygen atoms in total. The molecule has 140 valence electrons. The Morgan fingerprint density at radius 2 is 1.93 bits per heavy atom. The largest absolute Gasteiger partial charge is 0.462 e. The van der Waals surface area contributed by atoms with Gasteiger partial charge in [0.15, 0.2) is 0 Å². The summed E-state index contributed by atoms with van der Waals surface area (Å²) in [5.41, 5.74) is 2.37. The third-order valence-corrected chi connectivity index (χ3v) is 5.88. The number of thiazole rings is 1. The van der Waals surface area contributed by atoms with Crippen LogP contribution in [-0.2, 0) is 14.8 Å². The van der Waals surface area contributed by atoms with Crippen LogP contribution in [0.15, 0.2) is 58.8 Å². The minimum Gasteiger partial charge on any atom is -0.462 e. The first-order valence-corrected chi connectivity index (χ1v) is 10.6. The van der Waals surface area contributed by atoms with Crippen LogP contribution in [0.25, 0.3) is 11.3 Å². The molecule has 27 heavy (non-hydrogen) atoms. The lowest BCUT2D eigenvalue weighted by atomic mass is 10.1. The van der Waals surface area contributed by atoms with E-state index in [-0.39, 0.29) is 11.5 Å². The number of nitrogens with one attached hydrogen (secondary N) is 1.